The largest absolute Gasteiger partial charge is 0.469 e. The molecular weight excluding hydrogens is 216 g/mol. The van der Waals surface area contributed by atoms with Gasteiger partial charge in [0.25, 0.3) is 5.91 Å². The van der Waals surface area contributed by atoms with E-state index in [4.69, 9.17) is 4.42 Å². The molecule has 0 aliphatic rings. The molecule has 1 heterocycles. The summed E-state index contributed by atoms with van der Waals surface area (Å²) in [5.74, 6) is 0.390. The van der Waals surface area contributed by atoms with E-state index in [0.717, 1.165) is 12.8 Å². The van der Waals surface area contributed by atoms with Crippen LogP contribution >= 0.6 is 0 Å². The van der Waals surface area contributed by atoms with Crippen molar-refractivity contribution in [3.8, 4) is 0 Å². The molecule has 0 spiro atoms. The van der Waals surface area contributed by atoms with Gasteiger partial charge in [0.05, 0.1) is 11.8 Å². The summed E-state index contributed by atoms with van der Waals surface area (Å²) in [5, 5.41) is 3.90. The Balaban J connectivity index is 2.20. The minimum atomic E-state index is -0.221. The minimum absolute atomic E-state index is 0.221. The fourth-order valence-electron chi connectivity index (χ4n) is 1.51. The molecule has 0 fully saturated rings. The van der Waals surface area contributed by atoms with Gasteiger partial charge >= 0.3 is 0 Å². The molecule has 0 saturated heterocycles. The summed E-state index contributed by atoms with van der Waals surface area (Å²) in [5.41, 5.74) is 3.02. The molecule has 17 heavy (non-hydrogen) atoms. The van der Waals surface area contributed by atoms with Crippen molar-refractivity contribution >= 4 is 12.1 Å². The number of hydrazone groups is 1. The summed E-state index contributed by atoms with van der Waals surface area (Å²) in [6.07, 6.45) is 8.99. The molecule has 1 aromatic heterocycles. The number of rotatable bonds is 7. The maximum absolute atomic E-state index is 11.6. The summed E-state index contributed by atoms with van der Waals surface area (Å²) < 4.78 is 5.04. The number of nitrogens with one attached hydrogen (secondary N) is 1. The molecule has 0 radical (unpaired) electrons. The van der Waals surface area contributed by atoms with Gasteiger partial charge in [-0.25, -0.2) is 5.43 Å². The van der Waals surface area contributed by atoms with Crippen LogP contribution in [0.5, 0.6) is 0 Å². The van der Waals surface area contributed by atoms with Crippen LogP contribution in [0.1, 0.15) is 55.1 Å². The predicted molar refractivity (Wildman–Crippen MR) is 68.2 cm³/mol. The van der Waals surface area contributed by atoms with Crippen LogP contribution < -0.4 is 5.43 Å². The van der Waals surface area contributed by atoms with Crippen LogP contribution in [0.4, 0.5) is 0 Å². The summed E-state index contributed by atoms with van der Waals surface area (Å²) in [7, 11) is 0. The quantitative estimate of drug-likeness (QED) is 0.448. The fourth-order valence-corrected chi connectivity index (χ4v) is 1.51. The lowest BCUT2D eigenvalue weighted by atomic mass is 10.2. The van der Waals surface area contributed by atoms with Crippen LogP contribution in [0.15, 0.2) is 21.8 Å². The third-order valence-corrected chi connectivity index (χ3v) is 2.55. The molecule has 0 unspecified atom stereocenters. The van der Waals surface area contributed by atoms with Crippen molar-refractivity contribution in [3.63, 3.8) is 0 Å². The van der Waals surface area contributed by atoms with E-state index < -0.39 is 0 Å². The van der Waals surface area contributed by atoms with Crippen LogP contribution in [0.3, 0.4) is 0 Å². The average Bonchev–Trinajstić information content (AvgIpc) is 2.74. The second-order valence-electron chi connectivity index (χ2n) is 3.99. The Hall–Kier alpha value is -1.58. The maximum atomic E-state index is 11.6. The average molecular weight is 236 g/mol. The topological polar surface area (TPSA) is 54.6 Å². The molecule has 4 nitrogen and oxygen atoms in total. The Labute approximate surface area is 102 Å². The Kier molecular flexibility index (Phi) is 6.07. The van der Waals surface area contributed by atoms with Gasteiger partial charge in [-0.2, -0.15) is 5.10 Å². The Morgan fingerprint density at radius 2 is 2.29 bits per heavy atom. The van der Waals surface area contributed by atoms with Crippen molar-refractivity contribution in [2.24, 2.45) is 5.10 Å². The zero-order valence-electron chi connectivity index (χ0n) is 10.5. The molecule has 94 valence electrons. The van der Waals surface area contributed by atoms with Gasteiger partial charge in [-0.1, -0.05) is 26.2 Å². The maximum Gasteiger partial charge on any atom is 0.274 e. The van der Waals surface area contributed by atoms with E-state index in [-0.39, 0.29) is 5.91 Å². The second kappa shape index (κ2) is 7.65. The number of amides is 1. The van der Waals surface area contributed by atoms with Gasteiger partial charge in [0, 0.05) is 6.21 Å². The van der Waals surface area contributed by atoms with Crippen LogP contribution in [-0.2, 0) is 0 Å². The lowest BCUT2D eigenvalue weighted by Gasteiger charge is -1.97. The van der Waals surface area contributed by atoms with E-state index in [1.807, 2.05) is 0 Å². The zero-order valence-corrected chi connectivity index (χ0v) is 10.5. The first kappa shape index (κ1) is 13.5. The Morgan fingerprint density at radius 3 is 2.94 bits per heavy atom. The van der Waals surface area contributed by atoms with Crippen LogP contribution in [0.25, 0.3) is 0 Å². The predicted octanol–water partition coefficient (Wildman–Crippen LogP) is 3.27. The number of hydrogen-bond donors (Lipinski definition) is 1. The molecule has 0 atom stereocenters. The molecule has 1 rings (SSSR count). The van der Waals surface area contributed by atoms with Gasteiger partial charge in [-0.3, -0.25) is 4.79 Å². The molecule has 0 saturated carbocycles. The lowest BCUT2D eigenvalue weighted by Crippen LogP contribution is -2.17. The van der Waals surface area contributed by atoms with E-state index in [1.165, 1.54) is 25.5 Å². The summed E-state index contributed by atoms with van der Waals surface area (Å²) >= 11 is 0. The van der Waals surface area contributed by atoms with Gasteiger partial charge < -0.3 is 4.42 Å². The molecule has 4 heteroatoms. The highest BCUT2D eigenvalue weighted by Gasteiger charge is 2.09. The molecular formula is C13H20N2O2. The second-order valence-corrected chi connectivity index (χ2v) is 3.99. The first-order valence-corrected chi connectivity index (χ1v) is 6.11. The highest BCUT2D eigenvalue weighted by molar-refractivity contribution is 5.95. The Morgan fingerprint density at radius 1 is 1.47 bits per heavy atom. The first-order valence-electron chi connectivity index (χ1n) is 6.11. The van der Waals surface area contributed by atoms with Gasteiger partial charge in [0.15, 0.2) is 0 Å². The van der Waals surface area contributed by atoms with Crippen molar-refractivity contribution in [2.75, 3.05) is 0 Å². The molecule has 0 bridgehead atoms. The number of carbonyl (C=O) groups is 1. The SMILES string of the molecule is CCCCCCC=NNC(=O)c1ccoc1C. The van der Waals surface area contributed by atoms with Crippen LogP contribution in [0.2, 0.25) is 0 Å². The van der Waals surface area contributed by atoms with Gasteiger partial charge in [-0.15, -0.1) is 0 Å². The number of aryl methyl sites for hydroxylation is 1. The van der Waals surface area contributed by atoms with Crippen molar-refractivity contribution in [1.82, 2.24) is 5.43 Å². The smallest absolute Gasteiger partial charge is 0.274 e. The normalized spacial score (nSPS) is 10.9. The van der Waals surface area contributed by atoms with E-state index in [9.17, 15) is 4.79 Å². The van der Waals surface area contributed by atoms with Gasteiger partial charge in [0.2, 0.25) is 0 Å². The minimum Gasteiger partial charge on any atom is -0.469 e. The van der Waals surface area contributed by atoms with Gasteiger partial charge in [0.1, 0.15) is 5.76 Å². The van der Waals surface area contributed by atoms with Crippen molar-refractivity contribution < 1.29 is 9.21 Å². The van der Waals surface area contributed by atoms with Crippen LogP contribution in [-0.4, -0.2) is 12.1 Å². The van der Waals surface area contributed by atoms with E-state index >= 15 is 0 Å². The molecule has 0 aliphatic heterocycles. The first-order chi connectivity index (χ1) is 8.25. The van der Waals surface area contributed by atoms with Crippen molar-refractivity contribution in [2.45, 2.75) is 46.0 Å². The standard InChI is InChI=1S/C13H20N2O2/c1-3-4-5-6-7-9-14-15-13(16)12-8-10-17-11(12)2/h8-10H,3-7H2,1-2H3,(H,15,16). The summed E-state index contributed by atoms with van der Waals surface area (Å²) in [6.45, 7) is 3.94. The monoisotopic (exact) mass is 236 g/mol. The summed E-state index contributed by atoms with van der Waals surface area (Å²) in [6, 6.07) is 1.64. The van der Waals surface area contributed by atoms with E-state index in [0.29, 0.717) is 11.3 Å². The number of hydrogen-bond acceptors (Lipinski definition) is 3. The van der Waals surface area contributed by atoms with Crippen molar-refractivity contribution in [1.29, 1.82) is 0 Å². The van der Waals surface area contributed by atoms with Gasteiger partial charge in [-0.05, 0) is 25.8 Å². The molecule has 0 aromatic carbocycles. The zero-order chi connectivity index (χ0) is 12.5. The Bertz CT molecular complexity index is 369. The molecule has 0 aliphatic carbocycles. The summed E-state index contributed by atoms with van der Waals surface area (Å²) in [4.78, 5) is 11.6. The van der Waals surface area contributed by atoms with E-state index in [1.54, 1.807) is 19.2 Å². The number of furan rings is 1. The molecule has 1 amide bonds. The fraction of sp³-hybridized carbons (Fsp3) is 0.538. The molecule has 1 aromatic rings. The molecule has 1 N–H and O–H groups in total. The number of unbranched alkanes of at least 4 members (excludes halogenated alkanes) is 4. The lowest BCUT2D eigenvalue weighted by molar-refractivity contribution is 0.0953. The van der Waals surface area contributed by atoms with E-state index in [2.05, 4.69) is 17.5 Å². The highest BCUT2D eigenvalue weighted by Crippen LogP contribution is 2.07. The van der Waals surface area contributed by atoms with Crippen molar-refractivity contribution in [3.05, 3.63) is 23.7 Å². The third-order valence-electron chi connectivity index (χ3n) is 2.55. The van der Waals surface area contributed by atoms with Crippen LogP contribution in [0, 0.1) is 6.92 Å². The highest BCUT2D eigenvalue weighted by atomic mass is 16.3. The number of nitrogens with zero attached hydrogens (tertiary/aromatic N) is 1. The number of carbonyl (C=O) groups excluding carboxylic acids is 1. The third kappa shape index (κ3) is 4.85.